The molecule has 156 valence electrons. The molecule has 0 amide bonds. The normalized spacial score (nSPS) is 27.7. The first-order valence-corrected chi connectivity index (χ1v) is 10.8. The number of benzene rings is 2. The first-order valence-electron chi connectivity index (χ1n) is 10.8. The number of nitrogens with zero attached hydrogens (tertiary/aromatic N) is 1. The van der Waals surface area contributed by atoms with Crippen molar-refractivity contribution < 1.29 is 19.4 Å². The van der Waals surface area contributed by atoms with Gasteiger partial charge in [-0.1, -0.05) is 24.3 Å². The lowest BCUT2D eigenvalue weighted by atomic mass is 9.78. The van der Waals surface area contributed by atoms with E-state index >= 15 is 0 Å². The van der Waals surface area contributed by atoms with Gasteiger partial charge in [-0.3, -0.25) is 14.5 Å². The number of ketones is 2. The van der Waals surface area contributed by atoms with Crippen LogP contribution in [0.25, 0.3) is 0 Å². The lowest BCUT2D eigenvalue weighted by Crippen LogP contribution is -2.56. The Labute approximate surface area is 176 Å². The molecule has 2 saturated heterocycles. The van der Waals surface area contributed by atoms with Crippen LogP contribution in [0, 0.1) is 19.8 Å². The van der Waals surface area contributed by atoms with E-state index in [0.29, 0.717) is 12.0 Å². The number of aromatic hydroxyl groups is 1. The summed E-state index contributed by atoms with van der Waals surface area (Å²) >= 11 is 0. The van der Waals surface area contributed by atoms with Crippen LogP contribution < -0.4 is 4.74 Å². The number of hydrogen-bond acceptors (Lipinski definition) is 5. The van der Waals surface area contributed by atoms with Crippen LogP contribution in [0.5, 0.6) is 11.5 Å². The molecule has 3 heterocycles. The van der Waals surface area contributed by atoms with Gasteiger partial charge in [-0.25, -0.2) is 0 Å². The van der Waals surface area contributed by atoms with E-state index in [0.717, 1.165) is 48.2 Å². The van der Waals surface area contributed by atoms with Crippen LogP contribution in [0.1, 0.15) is 57.5 Å². The summed E-state index contributed by atoms with van der Waals surface area (Å²) in [6, 6.07) is 11.2. The summed E-state index contributed by atoms with van der Waals surface area (Å²) in [4.78, 5) is 28.8. The highest BCUT2D eigenvalue weighted by Crippen LogP contribution is 2.44. The molecule has 4 atom stereocenters. The standard InChI is InChI=1S/C25H27NO4/c1-14-5-3-7-18(27)22(14)19(28)13-16-9-10-17-24-21(11-12-26(16)17)30-20-8-4-6-15(2)23(20)25(24)29/h3-8,16-17,21,24,27H,9-13H2,1-2H3/t16-,17+,21-,24+/m1/s1. The first-order chi connectivity index (χ1) is 14.5. The molecule has 2 fully saturated rings. The molecule has 5 nitrogen and oxygen atoms in total. The first kappa shape index (κ1) is 19.3. The number of aryl methyl sites for hydroxylation is 2. The van der Waals surface area contributed by atoms with Crippen LogP contribution in [-0.2, 0) is 0 Å². The molecule has 5 rings (SSSR count). The van der Waals surface area contributed by atoms with Gasteiger partial charge < -0.3 is 9.84 Å². The summed E-state index contributed by atoms with van der Waals surface area (Å²) < 4.78 is 6.26. The molecular weight excluding hydrogens is 378 g/mol. The second-order valence-corrected chi connectivity index (χ2v) is 8.92. The van der Waals surface area contributed by atoms with Gasteiger partial charge in [0.25, 0.3) is 0 Å². The average Bonchev–Trinajstić information content (AvgIpc) is 3.10. The molecule has 0 aromatic heterocycles. The predicted molar refractivity (Wildman–Crippen MR) is 113 cm³/mol. The number of phenols is 1. The minimum Gasteiger partial charge on any atom is -0.507 e. The quantitative estimate of drug-likeness (QED) is 0.780. The van der Waals surface area contributed by atoms with Crippen molar-refractivity contribution in [3.63, 3.8) is 0 Å². The van der Waals surface area contributed by atoms with E-state index in [1.165, 1.54) is 0 Å². The predicted octanol–water partition coefficient (Wildman–Crippen LogP) is 4.08. The van der Waals surface area contributed by atoms with E-state index in [2.05, 4.69) is 4.90 Å². The number of carbonyl (C=O) groups excluding carboxylic acids is 2. The number of rotatable bonds is 3. The maximum Gasteiger partial charge on any atom is 0.175 e. The van der Waals surface area contributed by atoms with Gasteiger partial charge in [0.1, 0.15) is 17.6 Å². The maximum atomic E-state index is 13.4. The van der Waals surface area contributed by atoms with Crippen molar-refractivity contribution in [1.29, 1.82) is 0 Å². The van der Waals surface area contributed by atoms with Gasteiger partial charge in [0.05, 0.1) is 17.0 Å². The second-order valence-electron chi connectivity index (χ2n) is 8.92. The highest BCUT2D eigenvalue weighted by molar-refractivity contribution is 6.03. The summed E-state index contributed by atoms with van der Waals surface area (Å²) in [5.41, 5.74) is 2.92. The molecule has 0 unspecified atom stereocenters. The van der Waals surface area contributed by atoms with Crippen LogP contribution in [0.15, 0.2) is 36.4 Å². The van der Waals surface area contributed by atoms with E-state index in [1.807, 2.05) is 38.1 Å². The summed E-state index contributed by atoms with van der Waals surface area (Å²) in [6.07, 6.45) is 2.87. The fourth-order valence-electron chi connectivity index (χ4n) is 5.81. The van der Waals surface area contributed by atoms with Crippen LogP contribution in [0.2, 0.25) is 0 Å². The minimum atomic E-state index is -0.167. The molecular formula is C25H27NO4. The zero-order chi connectivity index (χ0) is 21.0. The Kier molecular flexibility index (Phi) is 4.66. The minimum absolute atomic E-state index is 0.0224. The molecule has 0 aliphatic carbocycles. The van der Waals surface area contributed by atoms with Gasteiger partial charge in [0, 0.05) is 25.0 Å². The van der Waals surface area contributed by atoms with Crippen molar-refractivity contribution in [2.45, 2.75) is 57.7 Å². The number of piperidine rings is 1. The number of ether oxygens (including phenoxy) is 1. The van der Waals surface area contributed by atoms with Crippen LogP contribution in [0.3, 0.4) is 0 Å². The van der Waals surface area contributed by atoms with Gasteiger partial charge in [0.2, 0.25) is 0 Å². The molecule has 30 heavy (non-hydrogen) atoms. The van der Waals surface area contributed by atoms with E-state index < -0.39 is 0 Å². The highest BCUT2D eigenvalue weighted by Gasteiger charge is 2.51. The molecule has 0 radical (unpaired) electrons. The van der Waals surface area contributed by atoms with Crippen molar-refractivity contribution in [1.82, 2.24) is 4.90 Å². The molecule has 5 heteroatoms. The third-order valence-corrected chi connectivity index (χ3v) is 7.19. The Morgan fingerprint density at radius 3 is 2.67 bits per heavy atom. The summed E-state index contributed by atoms with van der Waals surface area (Å²) in [5, 5.41) is 10.2. The fraction of sp³-hybridized carbons (Fsp3) is 0.440. The molecule has 2 aromatic rings. The number of hydrogen-bond donors (Lipinski definition) is 1. The van der Waals surface area contributed by atoms with Crippen molar-refractivity contribution >= 4 is 11.6 Å². The average molecular weight is 405 g/mol. The molecule has 0 bridgehead atoms. The van der Waals surface area contributed by atoms with Crippen LogP contribution in [-0.4, -0.2) is 46.3 Å². The van der Waals surface area contributed by atoms with Gasteiger partial charge >= 0.3 is 0 Å². The summed E-state index contributed by atoms with van der Waals surface area (Å²) in [5.74, 6) is 0.772. The highest BCUT2D eigenvalue weighted by atomic mass is 16.5. The largest absolute Gasteiger partial charge is 0.507 e. The van der Waals surface area contributed by atoms with E-state index in [9.17, 15) is 14.7 Å². The zero-order valence-electron chi connectivity index (χ0n) is 17.4. The summed E-state index contributed by atoms with van der Waals surface area (Å²) in [6.45, 7) is 4.65. The molecule has 1 N–H and O–H groups in total. The lowest BCUT2D eigenvalue weighted by molar-refractivity contribution is -0.000333. The van der Waals surface area contributed by atoms with Gasteiger partial charge in [0.15, 0.2) is 11.6 Å². The van der Waals surface area contributed by atoms with Crippen molar-refractivity contribution in [2.24, 2.45) is 5.92 Å². The Balaban J connectivity index is 1.38. The topological polar surface area (TPSA) is 66.8 Å². The Morgan fingerprint density at radius 2 is 1.87 bits per heavy atom. The van der Waals surface area contributed by atoms with E-state index in [1.54, 1.807) is 12.1 Å². The smallest absolute Gasteiger partial charge is 0.175 e. The third kappa shape index (κ3) is 2.95. The van der Waals surface area contributed by atoms with Crippen molar-refractivity contribution in [2.75, 3.05) is 6.54 Å². The lowest BCUT2D eigenvalue weighted by Gasteiger charge is -2.45. The van der Waals surface area contributed by atoms with Gasteiger partial charge in [-0.05, 0) is 56.4 Å². The van der Waals surface area contributed by atoms with Crippen LogP contribution in [0.4, 0.5) is 0 Å². The summed E-state index contributed by atoms with van der Waals surface area (Å²) in [7, 11) is 0. The Bertz CT molecular complexity index is 1010. The number of carbonyl (C=O) groups is 2. The molecule has 3 aliphatic rings. The number of phenolic OH excluding ortho intramolecular Hbond substituents is 1. The number of Topliss-reactive ketones (excluding diaryl/α,β-unsaturated/α-hetero) is 2. The SMILES string of the molecule is Cc1cccc(O)c1C(=O)C[C@H]1CC[C@H]2[C@@H]3C(=O)c4c(C)cccc4O[C@@H]3CCN12. The molecule has 2 aromatic carbocycles. The zero-order valence-corrected chi connectivity index (χ0v) is 17.4. The Morgan fingerprint density at radius 1 is 1.10 bits per heavy atom. The molecule has 0 saturated carbocycles. The second kappa shape index (κ2) is 7.24. The maximum absolute atomic E-state index is 13.4. The van der Waals surface area contributed by atoms with Crippen molar-refractivity contribution in [3.05, 3.63) is 58.7 Å². The van der Waals surface area contributed by atoms with E-state index in [4.69, 9.17) is 4.74 Å². The van der Waals surface area contributed by atoms with Gasteiger partial charge in [-0.15, -0.1) is 0 Å². The fourth-order valence-corrected chi connectivity index (χ4v) is 5.81. The van der Waals surface area contributed by atoms with E-state index in [-0.39, 0.29) is 41.4 Å². The van der Waals surface area contributed by atoms with Gasteiger partial charge in [-0.2, -0.15) is 0 Å². The molecule has 3 aliphatic heterocycles. The van der Waals surface area contributed by atoms with Crippen molar-refractivity contribution in [3.8, 4) is 11.5 Å². The third-order valence-electron chi connectivity index (χ3n) is 7.19. The number of fused-ring (bicyclic) bond motifs is 4. The Hall–Kier alpha value is -2.66. The monoisotopic (exact) mass is 405 g/mol. The molecule has 0 spiro atoms. The van der Waals surface area contributed by atoms with Crippen LogP contribution >= 0.6 is 0 Å².